The van der Waals surface area contributed by atoms with Gasteiger partial charge in [0.05, 0.1) is 32.4 Å². The van der Waals surface area contributed by atoms with E-state index in [-0.39, 0.29) is 18.6 Å². The third-order valence-electron chi connectivity index (χ3n) is 6.63. The van der Waals surface area contributed by atoms with Gasteiger partial charge in [0, 0.05) is 19.3 Å². The Labute approximate surface area is 211 Å². The van der Waals surface area contributed by atoms with Crippen LogP contribution in [0.4, 0.5) is 0 Å². The molecule has 1 atom stereocenters. The molecule has 0 radical (unpaired) electrons. The van der Waals surface area contributed by atoms with E-state index in [9.17, 15) is 9.59 Å². The molecule has 2 heterocycles. The lowest BCUT2D eigenvalue weighted by Crippen LogP contribution is -2.41. The number of nitrogens with one attached hydrogen (secondary N) is 1. The minimum atomic E-state index is -0.474. The first-order chi connectivity index (χ1) is 17.4. The summed E-state index contributed by atoms with van der Waals surface area (Å²) in [7, 11) is 4.76. The Morgan fingerprint density at radius 3 is 2.36 bits per heavy atom. The predicted octanol–water partition coefficient (Wildman–Crippen LogP) is 4.24. The Morgan fingerprint density at radius 1 is 1.00 bits per heavy atom. The molecule has 0 saturated carbocycles. The lowest BCUT2D eigenvalue weighted by Gasteiger charge is -2.38. The van der Waals surface area contributed by atoms with Gasteiger partial charge in [-0.3, -0.25) is 4.79 Å². The van der Waals surface area contributed by atoms with E-state index in [0.717, 1.165) is 16.7 Å². The van der Waals surface area contributed by atoms with E-state index in [1.165, 1.54) is 0 Å². The number of aromatic amines is 1. The first kappa shape index (κ1) is 25.3. The Balaban J connectivity index is 1.75. The van der Waals surface area contributed by atoms with Gasteiger partial charge in [-0.15, -0.1) is 0 Å². The summed E-state index contributed by atoms with van der Waals surface area (Å²) in [6.45, 7) is 4.50. The first-order valence-corrected chi connectivity index (χ1v) is 11.9. The van der Waals surface area contributed by atoms with Crippen molar-refractivity contribution >= 4 is 11.9 Å². The van der Waals surface area contributed by atoms with Crippen molar-refractivity contribution in [3.8, 4) is 11.5 Å². The van der Waals surface area contributed by atoms with Gasteiger partial charge in [-0.2, -0.15) is 0 Å². The highest BCUT2D eigenvalue weighted by Crippen LogP contribution is 2.41. The maximum Gasteiger partial charge on any atom is 0.340 e. The second-order valence-electron chi connectivity index (χ2n) is 8.72. The number of esters is 1. The molecule has 0 aliphatic carbocycles. The fourth-order valence-corrected chi connectivity index (χ4v) is 4.86. The van der Waals surface area contributed by atoms with Gasteiger partial charge in [0.2, 0.25) is 0 Å². The van der Waals surface area contributed by atoms with Gasteiger partial charge in [0.1, 0.15) is 12.3 Å². The van der Waals surface area contributed by atoms with Crippen LogP contribution in [0.15, 0.2) is 42.5 Å². The minimum Gasteiger partial charge on any atom is -0.493 e. The largest absolute Gasteiger partial charge is 0.493 e. The van der Waals surface area contributed by atoms with Crippen molar-refractivity contribution in [1.29, 1.82) is 0 Å². The Morgan fingerprint density at radius 2 is 1.69 bits per heavy atom. The molecule has 1 aliphatic heterocycles. The van der Waals surface area contributed by atoms with Crippen LogP contribution in [0.3, 0.4) is 0 Å². The average molecular weight is 493 g/mol. The Bertz CT molecular complexity index is 1250. The molecule has 8 nitrogen and oxygen atoms in total. The number of carbonyl (C=O) groups excluding carboxylic acids is 2. The number of rotatable bonds is 8. The molecule has 1 aromatic heterocycles. The fourth-order valence-electron chi connectivity index (χ4n) is 4.86. The fraction of sp³-hybridized carbons (Fsp3) is 0.357. The molecule has 1 aliphatic rings. The van der Waals surface area contributed by atoms with E-state index in [0.29, 0.717) is 53.6 Å². The second kappa shape index (κ2) is 10.9. The van der Waals surface area contributed by atoms with Gasteiger partial charge >= 0.3 is 5.97 Å². The van der Waals surface area contributed by atoms with Crippen LogP contribution in [-0.4, -0.2) is 62.8 Å². The maximum absolute atomic E-state index is 14.0. The average Bonchev–Trinajstić information content (AvgIpc) is 3.20. The number of fused-ring (bicyclic) bond motifs is 1. The van der Waals surface area contributed by atoms with Crippen LogP contribution in [0, 0.1) is 13.8 Å². The quantitative estimate of drug-likeness (QED) is 0.374. The summed E-state index contributed by atoms with van der Waals surface area (Å²) < 4.78 is 21.4. The number of nitrogens with zero attached hydrogens (tertiary/aromatic N) is 1. The number of ether oxygens (including phenoxy) is 4. The highest BCUT2D eigenvalue weighted by Gasteiger charge is 2.36. The molecule has 1 N–H and O–H groups in total. The molecular weight excluding hydrogens is 460 g/mol. The molecule has 0 bridgehead atoms. The lowest BCUT2D eigenvalue weighted by atomic mass is 9.87. The van der Waals surface area contributed by atoms with Gasteiger partial charge in [0.25, 0.3) is 5.91 Å². The van der Waals surface area contributed by atoms with Crippen LogP contribution in [0.1, 0.15) is 54.8 Å². The summed E-state index contributed by atoms with van der Waals surface area (Å²) in [4.78, 5) is 31.7. The van der Waals surface area contributed by atoms with Gasteiger partial charge in [0.15, 0.2) is 11.5 Å². The number of H-pyrrole nitrogens is 1. The molecule has 0 fully saturated rings. The third kappa shape index (κ3) is 4.68. The zero-order valence-electron chi connectivity index (χ0n) is 21.3. The molecule has 8 heteroatoms. The van der Waals surface area contributed by atoms with Crippen molar-refractivity contribution in [2.45, 2.75) is 26.3 Å². The summed E-state index contributed by atoms with van der Waals surface area (Å²) in [5.74, 6) is 0.619. The number of amides is 1. The van der Waals surface area contributed by atoms with Gasteiger partial charge in [-0.25, -0.2) is 4.79 Å². The maximum atomic E-state index is 14.0. The van der Waals surface area contributed by atoms with E-state index >= 15 is 0 Å². The smallest absolute Gasteiger partial charge is 0.340 e. The molecule has 0 spiro atoms. The molecule has 4 rings (SSSR count). The summed E-state index contributed by atoms with van der Waals surface area (Å²) in [6.07, 6.45) is 0.662. The molecule has 0 saturated heterocycles. The zero-order chi connectivity index (χ0) is 25.8. The molecule has 36 heavy (non-hydrogen) atoms. The van der Waals surface area contributed by atoms with Crippen LogP contribution in [0.2, 0.25) is 0 Å². The van der Waals surface area contributed by atoms with Crippen LogP contribution in [0.25, 0.3) is 0 Å². The number of aromatic nitrogens is 1. The number of hydrogen-bond donors (Lipinski definition) is 1. The summed E-state index contributed by atoms with van der Waals surface area (Å²) in [6, 6.07) is 13.5. The van der Waals surface area contributed by atoms with E-state index < -0.39 is 5.97 Å². The molecule has 190 valence electrons. The highest BCUT2D eigenvalue weighted by atomic mass is 16.6. The minimum absolute atomic E-state index is 0.146. The topological polar surface area (TPSA) is 90.1 Å². The van der Waals surface area contributed by atoms with Gasteiger partial charge < -0.3 is 28.8 Å². The van der Waals surface area contributed by atoms with E-state index in [1.807, 2.05) is 47.4 Å². The molecular formula is C28H32N2O6. The third-order valence-corrected chi connectivity index (χ3v) is 6.63. The number of methoxy groups -OCH3 is 3. The van der Waals surface area contributed by atoms with E-state index in [4.69, 9.17) is 18.9 Å². The predicted molar refractivity (Wildman–Crippen MR) is 135 cm³/mol. The normalized spacial score (nSPS) is 14.8. The summed E-state index contributed by atoms with van der Waals surface area (Å²) >= 11 is 0. The highest BCUT2D eigenvalue weighted by molar-refractivity contribution is 6.01. The van der Waals surface area contributed by atoms with Crippen LogP contribution in [0.5, 0.6) is 11.5 Å². The SMILES string of the molecule is COCCOC(=O)c1c(C)[nH]c(C(=O)N2CCc3cc(OC)c(OC)cc3C2c2ccccc2)c1C. The molecule has 3 aromatic rings. The standard InChI is InChI=1S/C28H32N2O6/c1-17-24(28(32)36-14-13-33-3)18(2)29-25(17)27(31)30-12-11-20-15-22(34-4)23(35-5)16-21(20)26(30)19-9-7-6-8-10-19/h6-10,15-16,26,29H,11-14H2,1-5H3. The van der Waals surface area contributed by atoms with Crippen LogP contribution >= 0.6 is 0 Å². The van der Waals surface area contributed by atoms with Crippen molar-refractivity contribution in [3.05, 3.63) is 81.7 Å². The van der Waals surface area contributed by atoms with Gasteiger partial charge in [-0.05, 0) is 54.7 Å². The second-order valence-corrected chi connectivity index (χ2v) is 8.72. The van der Waals surface area contributed by atoms with Crippen molar-refractivity contribution in [1.82, 2.24) is 9.88 Å². The van der Waals surface area contributed by atoms with Crippen molar-refractivity contribution in [3.63, 3.8) is 0 Å². The Hall–Kier alpha value is -3.78. The van der Waals surface area contributed by atoms with Crippen molar-refractivity contribution < 1.29 is 28.5 Å². The molecule has 1 amide bonds. The van der Waals surface area contributed by atoms with E-state index in [2.05, 4.69) is 4.98 Å². The monoisotopic (exact) mass is 492 g/mol. The molecule has 2 aromatic carbocycles. The van der Waals surface area contributed by atoms with Gasteiger partial charge in [-0.1, -0.05) is 30.3 Å². The van der Waals surface area contributed by atoms with Crippen molar-refractivity contribution in [2.24, 2.45) is 0 Å². The van der Waals surface area contributed by atoms with Crippen LogP contribution in [-0.2, 0) is 15.9 Å². The lowest BCUT2D eigenvalue weighted by molar-refractivity contribution is 0.0386. The summed E-state index contributed by atoms with van der Waals surface area (Å²) in [5.41, 5.74) is 5.01. The van der Waals surface area contributed by atoms with E-state index in [1.54, 1.807) is 35.2 Å². The number of benzene rings is 2. The molecule has 1 unspecified atom stereocenters. The van der Waals surface area contributed by atoms with Crippen molar-refractivity contribution in [2.75, 3.05) is 41.1 Å². The van der Waals surface area contributed by atoms with Crippen LogP contribution < -0.4 is 9.47 Å². The number of carbonyl (C=O) groups is 2. The number of hydrogen-bond acceptors (Lipinski definition) is 6. The Kier molecular flexibility index (Phi) is 7.64. The number of aryl methyl sites for hydroxylation is 1. The summed E-state index contributed by atoms with van der Waals surface area (Å²) in [5, 5.41) is 0. The first-order valence-electron chi connectivity index (χ1n) is 11.9. The zero-order valence-corrected chi connectivity index (χ0v) is 21.3.